The number of hydrogen-bond donors (Lipinski definition) is 1. The van der Waals surface area contributed by atoms with Crippen LogP contribution in [-0.4, -0.2) is 11.1 Å². The Kier molecular flexibility index (Phi) is 5.02. The molecule has 106 valence electrons. The van der Waals surface area contributed by atoms with E-state index >= 15 is 0 Å². The van der Waals surface area contributed by atoms with Gasteiger partial charge in [-0.15, -0.1) is 0 Å². The van der Waals surface area contributed by atoms with Gasteiger partial charge in [0.1, 0.15) is 5.75 Å². The molecule has 2 aromatic rings. The Hall–Kier alpha value is -1.10. The van der Waals surface area contributed by atoms with Crippen molar-refractivity contribution >= 4 is 27.5 Å². The van der Waals surface area contributed by atoms with Crippen LogP contribution in [0.15, 0.2) is 41.1 Å². The highest BCUT2D eigenvalue weighted by Crippen LogP contribution is 2.30. The zero-order chi connectivity index (χ0) is 14.7. The number of nitrogens with zero attached hydrogens (tertiary/aromatic N) is 1. The van der Waals surface area contributed by atoms with E-state index in [0.717, 1.165) is 15.6 Å². The summed E-state index contributed by atoms with van der Waals surface area (Å²) in [5.41, 5.74) is 8.00. The zero-order valence-electron chi connectivity index (χ0n) is 11.3. The molecule has 1 heterocycles. The van der Waals surface area contributed by atoms with E-state index in [1.165, 1.54) is 0 Å². The second kappa shape index (κ2) is 6.57. The molecule has 0 saturated carbocycles. The van der Waals surface area contributed by atoms with Crippen molar-refractivity contribution in [2.45, 2.75) is 26.0 Å². The Morgan fingerprint density at radius 3 is 2.65 bits per heavy atom. The second-order valence-electron chi connectivity index (χ2n) is 4.76. The molecule has 0 aliphatic heterocycles. The second-order valence-corrected chi connectivity index (χ2v) is 6.09. The van der Waals surface area contributed by atoms with E-state index in [1.54, 1.807) is 12.4 Å². The minimum absolute atomic E-state index is 0.0968. The molecule has 0 radical (unpaired) electrons. The van der Waals surface area contributed by atoms with E-state index < -0.39 is 0 Å². The van der Waals surface area contributed by atoms with Gasteiger partial charge < -0.3 is 10.5 Å². The largest absolute Gasteiger partial charge is 0.489 e. The fourth-order valence-corrected chi connectivity index (χ4v) is 2.67. The van der Waals surface area contributed by atoms with Gasteiger partial charge in [-0.2, -0.15) is 0 Å². The van der Waals surface area contributed by atoms with Crippen LogP contribution in [0.3, 0.4) is 0 Å². The number of pyridine rings is 1. The van der Waals surface area contributed by atoms with E-state index in [-0.39, 0.29) is 12.1 Å². The Morgan fingerprint density at radius 1 is 1.25 bits per heavy atom. The molecule has 0 aliphatic rings. The third-order valence-electron chi connectivity index (χ3n) is 2.76. The summed E-state index contributed by atoms with van der Waals surface area (Å²) in [5.74, 6) is 0.709. The molecule has 0 saturated heterocycles. The van der Waals surface area contributed by atoms with Crippen molar-refractivity contribution in [3.63, 3.8) is 0 Å². The van der Waals surface area contributed by atoms with E-state index in [4.69, 9.17) is 22.1 Å². The lowest BCUT2D eigenvalue weighted by Crippen LogP contribution is -2.13. The molecule has 20 heavy (non-hydrogen) atoms. The van der Waals surface area contributed by atoms with Gasteiger partial charge in [0.25, 0.3) is 0 Å². The Labute approximate surface area is 132 Å². The lowest BCUT2D eigenvalue weighted by molar-refractivity contribution is 0.241. The quantitative estimate of drug-likeness (QED) is 0.888. The lowest BCUT2D eigenvalue weighted by atomic mass is 10.0. The van der Waals surface area contributed by atoms with Crippen LogP contribution in [-0.2, 0) is 0 Å². The molecule has 1 atom stereocenters. The molecule has 5 heteroatoms. The van der Waals surface area contributed by atoms with E-state index in [2.05, 4.69) is 20.9 Å². The van der Waals surface area contributed by atoms with Gasteiger partial charge in [-0.25, -0.2) is 0 Å². The van der Waals surface area contributed by atoms with Gasteiger partial charge in [-0.1, -0.05) is 33.6 Å². The number of rotatable bonds is 4. The highest BCUT2D eigenvalue weighted by molar-refractivity contribution is 9.10. The maximum absolute atomic E-state index is 6.27. The zero-order valence-corrected chi connectivity index (χ0v) is 13.6. The predicted molar refractivity (Wildman–Crippen MR) is 85.2 cm³/mol. The van der Waals surface area contributed by atoms with Crippen LogP contribution in [0.5, 0.6) is 5.75 Å². The summed E-state index contributed by atoms with van der Waals surface area (Å²) in [6.07, 6.45) is 3.51. The molecule has 1 aromatic carbocycles. The van der Waals surface area contributed by atoms with E-state index in [9.17, 15) is 0 Å². The summed E-state index contributed by atoms with van der Waals surface area (Å²) in [6, 6.07) is 7.23. The maximum Gasteiger partial charge on any atom is 0.138 e. The normalized spacial score (nSPS) is 12.5. The fraction of sp³-hybridized carbons (Fsp3) is 0.267. The summed E-state index contributed by atoms with van der Waals surface area (Å²) in [5, 5.41) is 0.627. The van der Waals surface area contributed by atoms with Crippen molar-refractivity contribution in [3.05, 3.63) is 57.3 Å². The number of hydrogen-bond acceptors (Lipinski definition) is 3. The molecule has 1 unspecified atom stereocenters. The molecule has 0 bridgehead atoms. The molecule has 3 nitrogen and oxygen atoms in total. The highest BCUT2D eigenvalue weighted by Gasteiger charge is 2.14. The smallest absolute Gasteiger partial charge is 0.138 e. The Morgan fingerprint density at radius 2 is 2.00 bits per heavy atom. The number of ether oxygens (including phenoxy) is 1. The molecule has 0 amide bonds. The molecule has 2 N–H and O–H groups in total. The van der Waals surface area contributed by atoms with Crippen molar-refractivity contribution in [1.82, 2.24) is 4.98 Å². The first-order valence-electron chi connectivity index (χ1n) is 6.29. The number of halogens is 2. The molecular formula is C15H16BrClN2O. The molecule has 0 aliphatic carbocycles. The predicted octanol–water partition coefficient (Wildman–Crippen LogP) is 4.33. The van der Waals surface area contributed by atoms with Crippen molar-refractivity contribution in [3.8, 4) is 5.75 Å². The topological polar surface area (TPSA) is 48.1 Å². The van der Waals surface area contributed by atoms with Gasteiger partial charge in [-0.05, 0) is 43.2 Å². The van der Waals surface area contributed by atoms with Crippen LogP contribution in [0.25, 0.3) is 0 Å². The maximum atomic E-state index is 6.27. The van der Waals surface area contributed by atoms with E-state index in [0.29, 0.717) is 10.8 Å². The summed E-state index contributed by atoms with van der Waals surface area (Å²) >= 11 is 9.62. The molecule has 0 fully saturated rings. The van der Waals surface area contributed by atoms with E-state index in [1.807, 2.05) is 38.1 Å². The van der Waals surface area contributed by atoms with Gasteiger partial charge >= 0.3 is 0 Å². The van der Waals surface area contributed by atoms with Crippen molar-refractivity contribution in [2.24, 2.45) is 5.73 Å². The van der Waals surface area contributed by atoms with Crippen LogP contribution in [0.4, 0.5) is 0 Å². The molecule has 0 spiro atoms. The number of aromatic nitrogens is 1. The van der Waals surface area contributed by atoms with Gasteiger partial charge in [-0.3, -0.25) is 4.98 Å². The standard InChI is InChI=1S/C15H16BrClN2O/c1-9(2)20-12-5-10(7-19-8-12)15(18)13-4-3-11(16)6-14(13)17/h3-9,15H,18H2,1-2H3. The van der Waals surface area contributed by atoms with Gasteiger partial charge in [0, 0.05) is 15.7 Å². The van der Waals surface area contributed by atoms with Gasteiger partial charge in [0.2, 0.25) is 0 Å². The minimum Gasteiger partial charge on any atom is -0.489 e. The highest BCUT2D eigenvalue weighted by atomic mass is 79.9. The molecule has 2 rings (SSSR count). The third kappa shape index (κ3) is 3.72. The first-order chi connectivity index (χ1) is 9.47. The van der Waals surface area contributed by atoms with Crippen molar-refractivity contribution in [2.75, 3.05) is 0 Å². The van der Waals surface area contributed by atoms with Crippen LogP contribution < -0.4 is 10.5 Å². The first kappa shape index (κ1) is 15.3. The summed E-state index contributed by atoms with van der Waals surface area (Å²) in [6.45, 7) is 3.94. The van der Waals surface area contributed by atoms with Crippen molar-refractivity contribution in [1.29, 1.82) is 0 Å². The third-order valence-corrected chi connectivity index (χ3v) is 3.58. The summed E-state index contributed by atoms with van der Waals surface area (Å²) in [4.78, 5) is 4.17. The van der Waals surface area contributed by atoms with Crippen LogP contribution >= 0.6 is 27.5 Å². The average molecular weight is 356 g/mol. The molecular weight excluding hydrogens is 340 g/mol. The lowest BCUT2D eigenvalue weighted by Gasteiger charge is -2.16. The van der Waals surface area contributed by atoms with Crippen LogP contribution in [0.1, 0.15) is 31.0 Å². The Bertz CT molecular complexity index is 604. The van der Waals surface area contributed by atoms with Gasteiger partial charge in [0.15, 0.2) is 0 Å². The SMILES string of the molecule is CC(C)Oc1cncc(C(N)c2ccc(Br)cc2Cl)c1. The first-order valence-corrected chi connectivity index (χ1v) is 7.46. The van der Waals surface area contributed by atoms with Crippen molar-refractivity contribution < 1.29 is 4.74 Å². The summed E-state index contributed by atoms with van der Waals surface area (Å²) < 4.78 is 6.56. The average Bonchev–Trinajstić information content (AvgIpc) is 2.37. The van der Waals surface area contributed by atoms with Crippen LogP contribution in [0.2, 0.25) is 5.02 Å². The minimum atomic E-state index is -0.334. The van der Waals surface area contributed by atoms with Crippen LogP contribution in [0, 0.1) is 0 Å². The molecule has 1 aromatic heterocycles. The number of benzene rings is 1. The fourth-order valence-electron chi connectivity index (χ4n) is 1.88. The van der Waals surface area contributed by atoms with Gasteiger partial charge in [0.05, 0.1) is 18.3 Å². The Balaban J connectivity index is 2.30. The number of nitrogens with two attached hydrogens (primary N) is 1. The monoisotopic (exact) mass is 354 g/mol. The summed E-state index contributed by atoms with van der Waals surface area (Å²) in [7, 11) is 0.